The number of amides is 1. The molecule has 1 amide bonds. The number of nitrogens with zero attached hydrogens (tertiary/aromatic N) is 1. The molecule has 0 aromatic heterocycles. The molecule has 2 unspecified atom stereocenters. The smallest absolute Gasteiger partial charge is 0.264 e. The molecule has 0 bridgehead atoms. The highest BCUT2D eigenvalue weighted by Gasteiger charge is 2.66. The van der Waals surface area contributed by atoms with Gasteiger partial charge in [-0.15, -0.1) is 0 Å². The van der Waals surface area contributed by atoms with E-state index in [-0.39, 0.29) is 24.0 Å². The van der Waals surface area contributed by atoms with E-state index in [4.69, 9.17) is 9.16 Å². The molecule has 4 atom stereocenters. The summed E-state index contributed by atoms with van der Waals surface area (Å²) in [6.07, 6.45) is -0.154. The first kappa shape index (κ1) is 25.9. The van der Waals surface area contributed by atoms with Gasteiger partial charge < -0.3 is 14.1 Å². The minimum absolute atomic E-state index is 0.0149. The third-order valence-electron chi connectivity index (χ3n) is 7.52. The third kappa shape index (κ3) is 4.94. The SMILES string of the molecule is CC(C)(C)[Si](C)(C)OC[C@@H]1C[C@@H](S(=O)c2ccccc2)C2(O1)C(=O)CN(Cc1ccccc1)C2=O. The Bertz CT molecular complexity index is 1100. The molecule has 2 aromatic carbocycles. The lowest BCUT2D eigenvalue weighted by molar-refractivity contribution is -0.154. The van der Waals surface area contributed by atoms with Crippen molar-refractivity contribution >= 4 is 30.8 Å². The molecule has 188 valence electrons. The highest BCUT2D eigenvalue weighted by Crippen LogP contribution is 2.43. The maximum Gasteiger partial charge on any atom is 0.264 e. The van der Waals surface area contributed by atoms with Crippen LogP contribution in [-0.2, 0) is 36.1 Å². The van der Waals surface area contributed by atoms with Crippen LogP contribution in [0.25, 0.3) is 0 Å². The summed E-state index contributed by atoms with van der Waals surface area (Å²) in [5.41, 5.74) is -0.807. The summed E-state index contributed by atoms with van der Waals surface area (Å²) >= 11 is 0. The average Bonchev–Trinajstić information content (AvgIpc) is 3.32. The Hall–Kier alpha value is -2.13. The fourth-order valence-corrected chi connectivity index (χ4v) is 7.22. The molecule has 2 saturated heterocycles. The zero-order valence-electron chi connectivity index (χ0n) is 21.2. The van der Waals surface area contributed by atoms with Gasteiger partial charge in [-0.3, -0.25) is 13.8 Å². The van der Waals surface area contributed by atoms with Crippen molar-refractivity contribution in [1.82, 2.24) is 4.90 Å². The van der Waals surface area contributed by atoms with Crippen LogP contribution in [0.15, 0.2) is 65.6 Å². The van der Waals surface area contributed by atoms with Crippen molar-refractivity contribution in [2.75, 3.05) is 13.2 Å². The van der Waals surface area contributed by atoms with E-state index in [0.29, 0.717) is 17.9 Å². The van der Waals surface area contributed by atoms with Crippen LogP contribution in [0.3, 0.4) is 0 Å². The Kier molecular flexibility index (Phi) is 7.21. The standard InChI is InChI=1S/C27H35NO5SSi/c1-26(2,3)35(4,5)32-19-21-16-24(34(31)22-14-10-7-11-15-22)27(33-21)23(29)18-28(25(27)30)17-20-12-8-6-9-13-20/h6-15,21,24H,16-19H2,1-5H3/t21-,24+,27?,34?/m0/s1. The van der Waals surface area contributed by atoms with Crippen LogP contribution in [0.4, 0.5) is 0 Å². The zero-order valence-corrected chi connectivity index (χ0v) is 23.0. The lowest BCUT2D eigenvalue weighted by Crippen LogP contribution is -2.53. The van der Waals surface area contributed by atoms with Gasteiger partial charge in [-0.25, -0.2) is 0 Å². The number of ketones is 1. The first-order chi connectivity index (χ1) is 16.5. The summed E-state index contributed by atoms with van der Waals surface area (Å²) in [6, 6.07) is 18.6. The molecule has 0 saturated carbocycles. The van der Waals surface area contributed by atoms with E-state index in [0.717, 1.165) is 5.56 Å². The molecule has 1 spiro atoms. The molecule has 2 heterocycles. The van der Waals surface area contributed by atoms with E-state index in [1.54, 1.807) is 12.1 Å². The van der Waals surface area contributed by atoms with Gasteiger partial charge >= 0.3 is 0 Å². The zero-order chi connectivity index (χ0) is 25.4. The van der Waals surface area contributed by atoms with E-state index in [2.05, 4.69) is 33.9 Å². The van der Waals surface area contributed by atoms with E-state index < -0.39 is 42.0 Å². The van der Waals surface area contributed by atoms with Crippen LogP contribution in [0.2, 0.25) is 18.1 Å². The summed E-state index contributed by atoms with van der Waals surface area (Å²) in [6.45, 7) is 11.3. The Morgan fingerprint density at radius 3 is 2.26 bits per heavy atom. The van der Waals surface area contributed by atoms with Crippen LogP contribution < -0.4 is 0 Å². The van der Waals surface area contributed by atoms with E-state index >= 15 is 0 Å². The largest absolute Gasteiger partial charge is 0.414 e. The van der Waals surface area contributed by atoms with Crippen molar-refractivity contribution in [3.05, 3.63) is 66.2 Å². The van der Waals surface area contributed by atoms with Crippen molar-refractivity contribution in [2.45, 2.75) is 73.7 Å². The van der Waals surface area contributed by atoms with Gasteiger partial charge in [0.05, 0.1) is 35.3 Å². The highest BCUT2D eigenvalue weighted by molar-refractivity contribution is 7.86. The van der Waals surface area contributed by atoms with Crippen molar-refractivity contribution in [3.63, 3.8) is 0 Å². The number of benzene rings is 2. The highest BCUT2D eigenvalue weighted by atomic mass is 32.2. The first-order valence-corrected chi connectivity index (χ1v) is 16.2. The molecule has 2 aliphatic heterocycles. The lowest BCUT2D eigenvalue weighted by atomic mass is 9.96. The molecule has 0 aliphatic carbocycles. The molecule has 2 fully saturated rings. The fraction of sp³-hybridized carbons (Fsp3) is 0.481. The molecular formula is C27H35NO5SSi. The predicted molar refractivity (Wildman–Crippen MR) is 139 cm³/mol. The monoisotopic (exact) mass is 513 g/mol. The van der Waals surface area contributed by atoms with Crippen LogP contribution in [0.1, 0.15) is 32.8 Å². The molecule has 0 radical (unpaired) electrons. The molecule has 4 rings (SSSR count). The molecule has 2 aliphatic rings. The van der Waals surface area contributed by atoms with Gasteiger partial charge in [0.1, 0.15) is 0 Å². The molecule has 35 heavy (non-hydrogen) atoms. The van der Waals surface area contributed by atoms with Crippen molar-refractivity contribution in [3.8, 4) is 0 Å². The number of likely N-dealkylation sites (tertiary alicyclic amines) is 1. The fourth-order valence-electron chi connectivity index (χ4n) is 4.45. The van der Waals surface area contributed by atoms with Gasteiger partial charge in [0, 0.05) is 11.4 Å². The minimum Gasteiger partial charge on any atom is -0.414 e. The molecule has 2 aromatic rings. The number of rotatable bonds is 7. The summed E-state index contributed by atoms with van der Waals surface area (Å²) in [4.78, 5) is 29.4. The summed E-state index contributed by atoms with van der Waals surface area (Å²) < 4.78 is 26.5. The molecular weight excluding hydrogens is 478 g/mol. The quantitative estimate of drug-likeness (QED) is 0.407. The Labute approximate surface area is 211 Å². The summed E-state index contributed by atoms with van der Waals surface area (Å²) in [5, 5.41) is -0.750. The Morgan fingerprint density at radius 1 is 1.06 bits per heavy atom. The summed E-state index contributed by atoms with van der Waals surface area (Å²) in [7, 11) is -3.66. The second kappa shape index (κ2) is 9.73. The topological polar surface area (TPSA) is 72.9 Å². The minimum atomic E-state index is -2.07. The van der Waals surface area contributed by atoms with Crippen molar-refractivity contribution in [2.24, 2.45) is 0 Å². The van der Waals surface area contributed by atoms with Gasteiger partial charge in [0.2, 0.25) is 5.60 Å². The van der Waals surface area contributed by atoms with Crippen LogP contribution >= 0.6 is 0 Å². The van der Waals surface area contributed by atoms with Crippen LogP contribution in [0, 0.1) is 0 Å². The second-order valence-electron chi connectivity index (χ2n) is 11.0. The lowest BCUT2D eigenvalue weighted by Gasteiger charge is -2.37. The molecule has 0 N–H and O–H groups in total. The van der Waals surface area contributed by atoms with E-state index in [1.165, 1.54) is 4.90 Å². The van der Waals surface area contributed by atoms with Crippen molar-refractivity contribution in [1.29, 1.82) is 0 Å². The number of ether oxygens (including phenoxy) is 1. The number of hydrogen-bond donors (Lipinski definition) is 0. The third-order valence-corrected chi connectivity index (χ3v) is 13.8. The first-order valence-electron chi connectivity index (χ1n) is 12.1. The Morgan fingerprint density at radius 2 is 1.66 bits per heavy atom. The van der Waals surface area contributed by atoms with Crippen LogP contribution in [-0.4, -0.2) is 59.2 Å². The van der Waals surface area contributed by atoms with Crippen LogP contribution in [0.5, 0.6) is 0 Å². The Balaban J connectivity index is 1.63. The normalized spacial score (nSPS) is 26.0. The maximum atomic E-state index is 13.8. The summed E-state index contributed by atoms with van der Waals surface area (Å²) in [5.74, 6) is -0.710. The van der Waals surface area contributed by atoms with E-state index in [1.807, 2.05) is 48.5 Å². The van der Waals surface area contributed by atoms with Gasteiger partial charge in [0.25, 0.3) is 5.91 Å². The number of Topliss-reactive ketones (excluding diaryl/α,β-unsaturated/α-hetero) is 1. The van der Waals surface area contributed by atoms with Gasteiger partial charge in [-0.1, -0.05) is 69.3 Å². The van der Waals surface area contributed by atoms with E-state index in [9.17, 15) is 13.8 Å². The number of hydrogen-bond acceptors (Lipinski definition) is 5. The molecule has 6 nitrogen and oxygen atoms in total. The van der Waals surface area contributed by atoms with Gasteiger partial charge in [0.15, 0.2) is 14.1 Å². The predicted octanol–water partition coefficient (Wildman–Crippen LogP) is 4.32. The number of carbonyl (C=O) groups excluding carboxylic acids is 2. The molecule has 8 heteroatoms. The van der Waals surface area contributed by atoms with Gasteiger partial charge in [-0.05, 0) is 42.2 Å². The maximum absolute atomic E-state index is 13.8. The van der Waals surface area contributed by atoms with Gasteiger partial charge in [-0.2, -0.15) is 0 Å². The second-order valence-corrected chi connectivity index (χ2v) is 17.4. The average molecular weight is 514 g/mol. The van der Waals surface area contributed by atoms with Crippen molar-refractivity contribution < 1.29 is 23.0 Å². The number of carbonyl (C=O) groups is 2.